The van der Waals surface area contributed by atoms with Crippen LogP contribution in [0, 0.1) is 5.92 Å². The van der Waals surface area contributed by atoms with Crippen LogP contribution >= 0.6 is 0 Å². The minimum atomic E-state index is 0.334. The number of nitrogens with one attached hydrogen (secondary N) is 1. The van der Waals surface area contributed by atoms with Crippen molar-refractivity contribution in [1.29, 1.82) is 0 Å². The third kappa shape index (κ3) is 4.03. The molecule has 0 fully saturated rings. The molecule has 0 unspecified atom stereocenters. The summed E-state index contributed by atoms with van der Waals surface area (Å²) < 4.78 is 7.24. The smallest absolute Gasteiger partial charge is 0.341 e. The second kappa shape index (κ2) is 6.29. The number of pyridine rings is 1. The summed E-state index contributed by atoms with van der Waals surface area (Å²) in [5.74, 6) is 1.30. The molecule has 0 bridgehead atoms. The molecule has 0 saturated carbocycles. The molecule has 0 saturated heterocycles. The predicted molar refractivity (Wildman–Crippen MR) is 71.9 cm³/mol. The van der Waals surface area contributed by atoms with Crippen molar-refractivity contribution in [2.75, 3.05) is 6.54 Å². The van der Waals surface area contributed by atoms with Crippen LogP contribution in [0.25, 0.3) is 0 Å². The standard InChI is InChI=1S/C13H19N5O/c1-10(2)6-15-7-11-4-5-14-8-12(11)19-13-16-9-18(3)17-13/h4-5,8-10,15H,6-7H2,1-3H3. The van der Waals surface area contributed by atoms with E-state index < -0.39 is 0 Å². The van der Waals surface area contributed by atoms with Gasteiger partial charge in [-0.1, -0.05) is 13.8 Å². The molecule has 102 valence electrons. The lowest BCUT2D eigenvalue weighted by atomic mass is 10.2. The van der Waals surface area contributed by atoms with Gasteiger partial charge in [-0.3, -0.25) is 9.67 Å². The Morgan fingerprint density at radius 1 is 1.42 bits per heavy atom. The van der Waals surface area contributed by atoms with Crippen molar-refractivity contribution < 1.29 is 4.74 Å². The highest BCUT2D eigenvalue weighted by Gasteiger charge is 2.07. The fourth-order valence-corrected chi connectivity index (χ4v) is 1.61. The molecule has 0 aliphatic carbocycles. The van der Waals surface area contributed by atoms with E-state index in [9.17, 15) is 0 Å². The lowest BCUT2D eigenvalue weighted by molar-refractivity contribution is 0.428. The van der Waals surface area contributed by atoms with Crippen LogP contribution in [-0.4, -0.2) is 26.3 Å². The zero-order chi connectivity index (χ0) is 13.7. The van der Waals surface area contributed by atoms with Crippen molar-refractivity contribution in [3.05, 3.63) is 30.4 Å². The normalized spacial score (nSPS) is 10.9. The van der Waals surface area contributed by atoms with Gasteiger partial charge in [-0.15, -0.1) is 5.10 Å². The molecule has 1 N–H and O–H groups in total. The highest BCUT2D eigenvalue weighted by molar-refractivity contribution is 5.31. The molecular weight excluding hydrogens is 242 g/mol. The molecule has 0 aromatic carbocycles. The summed E-state index contributed by atoms with van der Waals surface area (Å²) in [7, 11) is 1.80. The Labute approximate surface area is 112 Å². The summed E-state index contributed by atoms with van der Waals surface area (Å²) in [4.78, 5) is 8.12. The van der Waals surface area contributed by atoms with Crippen LogP contribution in [0.15, 0.2) is 24.8 Å². The number of hydrogen-bond acceptors (Lipinski definition) is 5. The summed E-state index contributed by atoms with van der Waals surface area (Å²) in [6.45, 7) is 6.05. The van der Waals surface area contributed by atoms with Gasteiger partial charge >= 0.3 is 6.01 Å². The molecule has 0 aliphatic rings. The summed E-state index contributed by atoms with van der Waals surface area (Å²) in [5, 5.41) is 7.47. The van der Waals surface area contributed by atoms with Gasteiger partial charge in [0.15, 0.2) is 5.75 Å². The molecule has 0 atom stereocenters. The predicted octanol–water partition coefficient (Wildman–Crippen LogP) is 1.75. The van der Waals surface area contributed by atoms with E-state index in [4.69, 9.17) is 4.74 Å². The largest absolute Gasteiger partial charge is 0.421 e. The van der Waals surface area contributed by atoms with Crippen molar-refractivity contribution in [3.8, 4) is 11.8 Å². The fourth-order valence-electron chi connectivity index (χ4n) is 1.61. The van der Waals surface area contributed by atoms with Crippen molar-refractivity contribution in [2.24, 2.45) is 13.0 Å². The van der Waals surface area contributed by atoms with Crippen LogP contribution < -0.4 is 10.1 Å². The van der Waals surface area contributed by atoms with Crippen LogP contribution in [0.1, 0.15) is 19.4 Å². The monoisotopic (exact) mass is 261 g/mol. The molecule has 0 aliphatic heterocycles. The molecule has 0 spiro atoms. The minimum absolute atomic E-state index is 0.334. The lowest BCUT2D eigenvalue weighted by Crippen LogP contribution is -2.19. The maximum atomic E-state index is 5.64. The van der Waals surface area contributed by atoms with Crippen molar-refractivity contribution in [2.45, 2.75) is 20.4 Å². The molecule has 6 heteroatoms. The zero-order valence-electron chi connectivity index (χ0n) is 11.5. The third-order valence-electron chi connectivity index (χ3n) is 2.52. The quantitative estimate of drug-likeness (QED) is 0.858. The average Bonchev–Trinajstić information content (AvgIpc) is 2.77. The van der Waals surface area contributed by atoms with Gasteiger partial charge in [-0.2, -0.15) is 4.98 Å². The number of rotatable bonds is 6. The first-order valence-electron chi connectivity index (χ1n) is 6.32. The zero-order valence-corrected chi connectivity index (χ0v) is 11.5. The molecule has 19 heavy (non-hydrogen) atoms. The van der Waals surface area contributed by atoms with E-state index in [1.165, 1.54) is 0 Å². The number of ether oxygens (including phenoxy) is 1. The Morgan fingerprint density at radius 3 is 2.95 bits per heavy atom. The van der Waals surface area contributed by atoms with Crippen molar-refractivity contribution >= 4 is 0 Å². The highest BCUT2D eigenvalue weighted by Crippen LogP contribution is 2.21. The Bertz CT molecular complexity index is 523. The molecule has 2 rings (SSSR count). The van der Waals surface area contributed by atoms with E-state index in [1.54, 1.807) is 30.5 Å². The van der Waals surface area contributed by atoms with Gasteiger partial charge in [-0.05, 0) is 18.5 Å². The minimum Gasteiger partial charge on any atom is -0.421 e. The molecule has 2 aromatic rings. The Kier molecular flexibility index (Phi) is 4.46. The first-order valence-corrected chi connectivity index (χ1v) is 6.32. The van der Waals surface area contributed by atoms with Crippen LogP contribution in [0.4, 0.5) is 0 Å². The molecular formula is C13H19N5O. The first-order chi connectivity index (χ1) is 9.15. The number of hydrogen-bond donors (Lipinski definition) is 1. The molecule has 6 nitrogen and oxygen atoms in total. The van der Waals surface area contributed by atoms with Crippen LogP contribution in [0.5, 0.6) is 11.8 Å². The van der Waals surface area contributed by atoms with Gasteiger partial charge in [0.2, 0.25) is 0 Å². The van der Waals surface area contributed by atoms with Crippen molar-refractivity contribution in [1.82, 2.24) is 25.1 Å². The Balaban J connectivity index is 2.03. The van der Waals surface area contributed by atoms with Gasteiger partial charge in [0, 0.05) is 25.4 Å². The Hall–Kier alpha value is -1.95. The van der Waals surface area contributed by atoms with Gasteiger partial charge in [0.25, 0.3) is 0 Å². The van der Waals surface area contributed by atoms with Gasteiger partial charge in [0.05, 0.1) is 6.20 Å². The highest BCUT2D eigenvalue weighted by atomic mass is 16.5. The average molecular weight is 261 g/mol. The lowest BCUT2D eigenvalue weighted by Gasteiger charge is -2.10. The van der Waals surface area contributed by atoms with Gasteiger partial charge in [-0.25, -0.2) is 0 Å². The topological polar surface area (TPSA) is 64.9 Å². The SMILES string of the molecule is CC(C)CNCc1ccncc1Oc1ncn(C)n1. The van der Waals surface area contributed by atoms with Gasteiger partial charge in [0.1, 0.15) is 6.33 Å². The maximum Gasteiger partial charge on any atom is 0.341 e. The summed E-state index contributed by atoms with van der Waals surface area (Å²) >= 11 is 0. The molecule has 2 heterocycles. The van der Waals surface area contributed by atoms with E-state index >= 15 is 0 Å². The number of aryl methyl sites for hydroxylation is 1. The molecule has 2 aromatic heterocycles. The van der Waals surface area contributed by atoms with Gasteiger partial charge < -0.3 is 10.1 Å². The summed E-state index contributed by atoms with van der Waals surface area (Å²) in [5.41, 5.74) is 1.04. The molecule has 0 radical (unpaired) electrons. The number of nitrogens with zero attached hydrogens (tertiary/aromatic N) is 4. The summed E-state index contributed by atoms with van der Waals surface area (Å²) in [6, 6.07) is 2.27. The second-order valence-corrected chi connectivity index (χ2v) is 4.81. The van der Waals surface area contributed by atoms with E-state index in [0.717, 1.165) is 18.7 Å². The van der Waals surface area contributed by atoms with E-state index in [0.29, 0.717) is 17.7 Å². The van der Waals surface area contributed by atoms with Crippen molar-refractivity contribution in [3.63, 3.8) is 0 Å². The third-order valence-corrected chi connectivity index (χ3v) is 2.52. The Morgan fingerprint density at radius 2 is 2.26 bits per heavy atom. The first kappa shape index (κ1) is 13.5. The molecule has 0 amide bonds. The van der Waals surface area contributed by atoms with Crippen LogP contribution in [-0.2, 0) is 13.6 Å². The number of aromatic nitrogens is 4. The van der Waals surface area contributed by atoms with Crippen LogP contribution in [0.2, 0.25) is 0 Å². The van der Waals surface area contributed by atoms with E-state index in [-0.39, 0.29) is 0 Å². The van der Waals surface area contributed by atoms with Crippen LogP contribution in [0.3, 0.4) is 0 Å². The van der Waals surface area contributed by atoms with E-state index in [2.05, 4.69) is 34.2 Å². The summed E-state index contributed by atoms with van der Waals surface area (Å²) in [6.07, 6.45) is 5.04. The maximum absolute atomic E-state index is 5.64. The van der Waals surface area contributed by atoms with E-state index in [1.807, 2.05) is 6.07 Å². The second-order valence-electron chi connectivity index (χ2n) is 4.81. The fraction of sp³-hybridized carbons (Fsp3) is 0.462.